The minimum Gasteiger partial charge on any atom is -0.467 e. The van der Waals surface area contributed by atoms with Crippen LogP contribution in [0.15, 0.2) is 60.7 Å². The van der Waals surface area contributed by atoms with E-state index in [1.807, 2.05) is 67.6 Å². The fourth-order valence-corrected chi connectivity index (χ4v) is 2.84. The molecule has 1 atom stereocenters. The first-order chi connectivity index (χ1) is 12.2. The highest BCUT2D eigenvalue weighted by Crippen LogP contribution is 2.25. The van der Waals surface area contributed by atoms with Crippen molar-refractivity contribution in [1.82, 2.24) is 5.32 Å². The van der Waals surface area contributed by atoms with E-state index in [0.29, 0.717) is 6.42 Å². The van der Waals surface area contributed by atoms with Crippen molar-refractivity contribution in [2.75, 3.05) is 7.11 Å². The number of hydrogen-bond acceptors (Lipinski definition) is 3. The van der Waals surface area contributed by atoms with E-state index in [-0.39, 0.29) is 5.91 Å². The van der Waals surface area contributed by atoms with E-state index in [1.165, 1.54) is 7.11 Å². The van der Waals surface area contributed by atoms with Crippen LogP contribution in [0.4, 0.5) is 0 Å². The molecule has 1 amide bonds. The van der Waals surface area contributed by atoms with Gasteiger partial charge in [-0.1, -0.05) is 80.4 Å². The lowest BCUT2D eigenvalue weighted by Gasteiger charge is -2.22. The quantitative estimate of drug-likeness (QED) is 0.747. The van der Waals surface area contributed by atoms with Gasteiger partial charge < -0.3 is 10.1 Å². The fraction of sp³-hybridized carbons (Fsp3) is 0.333. The van der Waals surface area contributed by atoms with Gasteiger partial charge in [0.2, 0.25) is 5.91 Å². The molecular formula is C21H25NO3. The number of carbonyl (C=O) groups is 2. The van der Waals surface area contributed by atoms with Gasteiger partial charge in [-0.25, -0.2) is 4.79 Å². The lowest BCUT2D eigenvalue weighted by atomic mass is 9.90. The molecule has 4 nitrogen and oxygen atoms in total. The third kappa shape index (κ3) is 5.18. The van der Waals surface area contributed by atoms with Gasteiger partial charge in [0.25, 0.3) is 0 Å². The van der Waals surface area contributed by atoms with Crippen molar-refractivity contribution in [3.05, 3.63) is 71.8 Å². The van der Waals surface area contributed by atoms with E-state index < -0.39 is 17.9 Å². The largest absolute Gasteiger partial charge is 0.467 e. The SMILES string of the molecule is CCCC[C@H](NC(=O)C(c1ccccc1)c1ccccc1)C(=O)OC. The normalized spacial score (nSPS) is 11.8. The molecule has 2 aromatic carbocycles. The topological polar surface area (TPSA) is 55.4 Å². The standard InChI is InChI=1S/C21H25NO3/c1-3-4-15-18(21(24)25-2)22-20(23)19(16-11-7-5-8-12-16)17-13-9-6-10-14-17/h5-14,18-19H,3-4,15H2,1-2H3,(H,22,23)/t18-/m0/s1. The number of methoxy groups -OCH3 is 1. The van der Waals surface area contributed by atoms with Crippen LogP contribution >= 0.6 is 0 Å². The summed E-state index contributed by atoms with van der Waals surface area (Å²) in [6.45, 7) is 2.05. The van der Waals surface area contributed by atoms with Crippen LogP contribution in [0.25, 0.3) is 0 Å². The molecule has 0 radical (unpaired) electrons. The van der Waals surface area contributed by atoms with Crippen LogP contribution < -0.4 is 5.32 Å². The first-order valence-electron chi connectivity index (χ1n) is 8.65. The highest BCUT2D eigenvalue weighted by Gasteiger charge is 2.27. The fourth-order valence-electron chi connectivity index (χ4n) is 2.84. The number of unbranched alkanes of at least 4 members (excludes halogenated alkanes) is 1. The Bertz CT molecular complexity index is 631. The molecule has 2 rings (SSSR count). The minimum absolute atomic E-state index is 0.191. The highest BCUT2D eigenvalue weighted by atomic mass is 16.5. The third-order valence-electron chi connectivity index (χ3n) is 4.18. The monoisotopic (exact) mass is 339 g/mol. The Kier molecular flexibility index (Phi) is 7.20. The van der Waals surface area contributed by atoms with Gasteiger partial charge in [-0.05, 0) is 17.5 Å². The summed E-state index contributed by atoms with van der Waals surface area (Å²) in [6, 6.07) is 18.6. The Morgan fingerprint density at radius 2 is 1.48 bits per heavy atom. The van der Waals surface area contributed by atoms with Crippen molar-refractivity contribution in [1.29, 1.82) is 0 Å². The molecule has 25 heavy (non-hydrogen) atoms. The molecule has 0 saturated heterocycles. The molecule has 0 spiro atoms. The molecule has 0 unspecified atom stereocenters. The number of nitrogens with one attached hydrogen (secondary N) is 1. The van der Waals surface area contributed by atoms with Crippen LogP contribution in [0.3, 0.4) is 0 Å². The maximum atomic E-state index is 13.0. The van der Waals surface area contributed by atoms with Crippen LogP contribution in [0.5, 0.6) is 0 Å². The van der Waals surface area contributed by atoms with Crippen LogP contribution in [0.1, 0.15) is 43.2 Å². The first-order valence-corrected chi connectivity index (χ1v) is 8.65. The van der Waals surface area contributed by atoms with E-state index in [9.17, 15) is 9.59 Å². The van der Waals surface area contributed by atoms with Crippen LogP contribution in [0.2, 0.25) is 0 Å². The molecule has 0 aliphatic heterocycles. The van der Waals surface area contributed by atoms with Crippen LogP contribution in [0, 0.1) is 0 Å². The van der Waals surface area contributed by atoms with E-state index in [4.69, 9.17) is 4.74 Å². The number of carbonyl (C=O) groups excluding carboxylic acids is 2. The zero-order valence-electron chi connectivity index (χ0n) is 14.8. The van der Waals surface area contributed by atoms with Gasteiger partial charge in [-0.2, -0.15) is 0 Å². The third-order valence-corrected chi connectivity index (χ3v) is 4.18. The van der Waals surface area contributed by atoms with Gasteiger partial charge in [0.1, 0.15) is 6.04 Å². The maximum Gasteiger partial charge on any atom is 0.328 e. The summed E-state index contributed by atoms with van der Waals surface area (Å²) in [6.07, 6.45) is 2.37. The Morgan fingerprint density at radius 1 is 0.960 bits per heavy atom. The minimum atomic E-state index is -0.618. The summed E-state index contributed by atoms with van der Waals surface area (Å²) >= 11 is 0. The van der Waals surface area contributed by atoms with E-state index >= 15 is 0 Å². The summed E-state index contributed by atoms with van der Waals surface area (Å²) in [7, 11) is 1.35. The van der Waals surface area contributed by atoms with Gasteiger partial charge in [0, 0.05) is 0 Å². The van der Waals surface area contributed by atoms with Gasteiger partial charge >= 0.3 is 5.97 Å². The molecule has 1 N–H and O–H groups in total. The predicted octanol–water partition coefficient (Wildman–Crippen LogP) is 3.67. The Balaban J connectivity index is 2.27. The van der Waals surface area contributed by atoms with Crippen molar-refractivity contribution in [2.45, 2.75) is 38.1 Å². The summed E-state index contributed by atoms with van der Waals surface area (Å²) < 4.78 is 4.85. The van der Waals surface area contributed by atoms with Crippen molar-refractivity contribution in [3.8, 4) is 0 Å². The van der Waals surface area contributed by atoms with Crippen LogP contribution in [-0.2, 0) is 14.3 Å². The number of hydrogen-bond donors (Lipinski definition) is 1. The first kappa shape index (κ1) is 18.7. The van der Waals surface area contributed by atoms with Gasteiger partial charge in [0.05, 0.1) is 13.0 Å². The summed E-state index contributed by atoms with van der Waals surface area (Å²) in [5.41, 5.74) is 1.79. The number of benzene rings is 2. The van der Waals surface area contributed by atoms with Crippen molar-refractivity contribution < 1.29 is 14.3 Å². The molecule has 0 saturated carbocycles. The average molecular weight is 339 g/mol. The lowest BCUT2D eigenvalue weighted by molar-refractivity contribution is -0.145. The number of esters is 1. The van der Waals surface area contributed by atoms with E-state index in [0.717, 1.165) is 24.0 Å². The Labute approximate surface area is 149 Å². The lowest BCUT2D eigenvalue weighted by Crippen LogP contribution is -2.43. The zero-order chi connectivity index (χ0) is 18.1. The number of rotatable bonds is 8. The molecule has 0 aromatic heterocycles. The summed E-state index contributed by atoms with van der Waals surface area (Å²) in [5.74, 6) is -1.05. The Hall–Kier alpha value is -2.62. The predicted molar refractivity (Wildman–Crippen MR) is 98.2 cm³/mol. The van der Waals surface area contributed by atoms with Gasteiger partial charge in [-0.15, -0.1) is 0 Å². The summed E-state index contributed by atoms with van der Waals surface area (Å²) in [4.78, 5) is 25.0. The van der Waals surface area contributed by atoms with Gasteiger partial charge in [0.15, 0.2) is 0 Å². The second kappa shape index (κ2) is 9.62. The van der Waals surface area contributed by atoms with Crippen molar-refractivity contribution >= 4 is 11.9 Å². The average Bonchev–Trinajstić information content (AvgIpc) is 2.66. The smallest absolute Gasteiger partial charge is 0.328 e. The molecule has 132 valence electrons. The molecule has 2 aromatic rings. The second-order valence-electron chi connectivity index (χ2n) is 5.98. The van der Waals surface area contributed by atoms with Crippen molar-refractivity contribution in [2.24, 2.45) is 0 Å². The van der Waals surface area contributed by atoms with E-state index in [1.54, 1.807) is 0 Å². The highest BCUT2D eigenvalue weighted by molar-refractivity contribution is 5.91. The summed E-state index contributed by atoms with van der Waals surface area (Å²) in [5, 5.41) is 2.89. The molecular weight excluding hydrogens is 314 g/mol. The van der Waals surface area contributed by atoms with Crippen molar-refractivity contribution in [3.63, 3.8) is 0 Å². The molecule has 0 fully saturated rings. The second-order valence-corrected chi connectivity index (χ2v) is 5.98. The Morgan fingerprint density at radius 3 is 1.92 bits per heavy atom. The maximum absolute atomic E-state index is 13.0. The number of amides is 1. The molecule has 0 bridgehead atoms. The van der Waals surface area contributed by atoms with Gasteiger partial charge in [-0.3, -0.25) is 4.79 Å². The number of ether oxygens (including phenoxy) is 1. The van der Waals surface area contributed by atoms with Crippen LogP contribution in [-0.4, -0.2) is 25.0 Å². The molecule has 4 heteroatoms. The molecule has 0 aliphatic rings. The molecule has 0 aliphatic carbocycles. The molecule has 0 heterocycles. The zero-order valence-corrected chi connectivity index (χ0v) is 14.8. The van der Waals surface area contributed by atoms with E-state index in [2.05, 4.69) is 5.32 Å².